The Morgan fingerprint density at radius 2 is 2.15 bits per heavy atom. The molecule has 0 unspecified atom stereocenters. The van der Waals surface area contributed by atoms with Crippen molar-refractivity contribution in [3.8, 4) is 5.95 Å². The van der Waals surface area contributed by atoms with E-state index in [4.69, 9.17) is 0 Å². The minimum atomic E-state index is 0.708. The number of halogens is 1. The first-order valence-electron chi connectivity index (χ1n) is 7.96. The van der Waals surface area contributed by atoms with Gasteiger partial charge < -0.3 is 0 Å². The monoisotopic (exact) mass is 429 g/mol. The van der Waals surface area contributed by atoms with Gasteiger partial charge in [0, 0.05) is 27.2 Å². The van der Waals surface area contributed by atoms with Crippen molar-refractivity contribution in [2.75, 3.05) is 5.75 Å². The lowest BCUT2D eigenvalue weighted by molar-refractivity contribution is 0.877. The molecule has 0 saturated heterocycles. The van der Waals surface area contributed by atoms with Crippen LogP contribution < -0.4 is 5.43 Å². The molecular formula is C17H16BrN7S. The highest BCUT2D eigenvalue weighted by Crippen LogP contribution is 2.24. The van der Waals surface area contributed by atoms with Crippen LogP contribution in [0, 0.1) is 13.8 Å². The van der Waals surface area contributed by atoms with Crippen molar-refractivity contribution in [1.29, 1.82) is 0 Å². The number of hydrogen-bond donors (Lipinski definition) is 2. The average molecular weight is 430 g/mol. The molecule has 0 fully saturated rings. The molecule has 4 rings (SSSR count). The Hall–Kier alpha value is -2.39. The van der Waals surface area contributed by atoms with E-state index in [1.165, 1.54) is 6.33 Å². The fourth-order valence-electron chi connectivity index (χ4n) is 2.86. The van der Waals surface area contributed by atoms with Gasteiger partial charge in [0.05, 0.1) is 11.4 Å². The summed E-state index contributed by atoms with van der Waals surface area (Å²) in [6.45, 7) is 4.10. The van der Waals surface area contributed by atoms with Crippen LogP contribution >= 0.6 is 27.7 Å². The highest BCUT2D eigenvalue weighted by Gasteiger charge is 2.20. The molecular weight excluding hydrogens is 414 g/mol. The second kappa shape index (κ2) is 7.08. The minimum Gasteiger partial charge on any atom is -0.287 e. The molecule has 26 heavy (non-hydrogen) atoms. The summed E-state index contributed by atoms with van der Waals surface area (Å²) in [5, 5.41) is 12.2. The molecule has 0 spiro atoms. The number of hydrazone groups is 1. The minimum absolute atomic E-state index is 0.708. The van der Waals surface area contributed by atoms with Gasteiger partial charge in [0.25, 0.3) is 0 Å². The largest absolute Gasteiger partial charge is 0.287 e. The van der Waals surface area contributed by atoms with Crippen LogP contribution in [0.2, 0.25) is 0 Å². The van der Waals surface area contributed by atoms with Gasteiger partial charge in [-0.25, -0.2) is 10.1 Å². The van der Waals surface area contributed by atoms with E-state index in [0.717, 1.165) is 43.7 Å². The van der Waals surface area contributed by atoms with Crippen molar-refractivity contribution < 1.29 is 0 Å². The number of nitrogens with one attached hydrogen (secondary N) is 2. The van der Waals surface area contributed by atoms with E-state index in [0.29, 0.717) is 5.95 Å². The normalized spacial score (nSPS) is 15.8. The Morgan fingerprint density at radius 3 is 2.85 bits per heavy atom. The maximum absolute atomic E-state index is 4.60. The first-order valence-corrected chi connectivity index (χ1v) is 9.74. The SMILES string of the molecule is Cc1cc(C2=NNC(=Nc3cccc(Br)c3)SC2)c(C)n1-c1ncn[nH]1. The standard InChI is InChI=1S/C17H16BrN7S/c1-10-6-14(11(2)25(10)16-19-9-20-23-16)15-8-26-17(24-22-15)21-13-5-3-4-12(18)7-13/h3-7,9H,8H2,1-2H3,(H,21,24)(H,19,20,23). The van der Waals surface area contributed by atoms with Crippen LogP contribution in [0.25, 0.3) is 5.95 Å². The van der Waals surface area contributed by atoms with Gasteiger partial charge in [-0.1, -0.05) is 33.8 Å². The molecule has 132 valence electrons. The van der Waals surface area contributed by atoms with Gasteiger partial charge in [0.2, 0.25) is 5.95 Å². The third-order valence-electron chi connectivity index (χ3n) is 4.03. The maximum atomic E-state index is 4.60. The molecule has 1 aliphatic heterocycles. The van der Waals surface area contributed by atoms with Crippen LogP contribution in [0.4, 0.5) is 5.69 Å². The van der Waals surface area contributed by atoms with Crippen LogP contribution in [0.15, 0.2) is 51.2 Å². The summed E-state index contributed by atoms with van der Waals surface area (Å²) >= 11 is 5.10. The van der Waals surface area contributed by atoms with E-state index < -0.39 is 0 Å². The van der Waals surface area contributed by atoms with Crippen molar-refractivity contribution in [3.05, 3.63) is 58.1 Å². The molecule has 7 nitrogen and oxygen atoms in total. The van der Waals surface area contributed by atoms with Crippen LogP contribution in [-0.4, -0.2) is 36.4 Å². The first kappa shape index (κ1) is 17.0. The molecule has 0 atom stereocenters. The molecule has 1 aromatic carbocycles. The molecule has 0 aliphatic carbocycles. The highest BCUT2D eigenvalue weighted by molar-refractivity contribution is 9.10. The molecule has 0 amide bonds. The van der Waals surface area contributed by atoms with E-state index in [2.05, 4.69) is 59.6 Å². The molecule has 0 saturated carbocycles. The van der Waals surface area contributed by atoms with E-state index in [9.17, 15) is 0 Å². The van der Waals surface area contributed by atoms with Gasteiger partial charge in [-0.2, -0.15) is 15.2 Å². The Labute approximate surface area is 163 Å². The molecule has 3 aromatic rings. The number of aryl methyl sites for hydroxylation is 1. The molecule has 9 heteroatoms. The maximum Gasteiger partial charge on any atom is 0.229 e. The van der Waals surface area contributed by atoms with Crippen molar-refractivity contribution in [1.82, 2.24) is 25.2 Å². The number of hydrogen-bond acceptors (Lipinski definition) is 5. The second-order valence-electron chi connectivity index (χ2n) is 5.79. The fraction of sp³-hybridized carbons (Fsp3) is 0.176. The summed E-state index contributed by atoms with van der Waals surface area (Å²) < 4.78 is 3.05. The molecule has 2 aromatic heterocycles. The summed E-state index contributed by atoms with van der Waals surface area (Å²) in [6.07, 6.45) is 1.51. The fourth-order valence-corrected chi connectivity index (χ4v) is 4.02. The Morgan fingerprint density at radius 1 is 1.27 bits per heavy atom. The van der Waals surface area contributed by atoms with Crippen molar-refractivity contribution in [2.24, 2.45) is 10.1 Å². The van der Waals surface area contributed by atoms with Crippen molar-refractivity contribution in [3.63, 3.8) is 0 Å². The van der Waals surface area contributed by atoms with Gasteiger partial charge in [-0.15, -0.1) is 0 Å². The van der Waals surface area contributed by atoms with Gasteiger partial charge in [-0.05, 0) is 38.1 Å². The lowest BCUT2D eigenvalue weighted by Crippen LogP contribution is -2.25. The summed E-state index contributed by atoms with van der Waals surface area (Å²) in [4.78, 5) is 8.84. The van der Waals surface area contributed by atoms with E-state index in [1.807, 2.05) is 35.8 Å². The zero-order valence-electron chi connectivity index (χ0n) is 14.2. The number of aromatic nitrogens is 4. The average Bonchev–Trinajstić information content (AvgIpc) is 3.24. The summed E-state index contributed by atoms with van der Waals surface area (Å²) in [5.74, 6) is 1.46. The third-order valence-corrected chi connectivity index (χ3v) is 5.39. The first-order chi connectivity index (χ1) is 12.6. The van der Waals surface area contributed by atoms with E-state index >= 15 is 0 Å². The van der Waals surface area contributed by atoms with Gasteiger partial charge in [0.15, 0.2) is 5.17 Å². The zero-order chi connectivity index (χ0) is 18.1. The number of H-pyrrole nitrogens is 1. The number of aliphatic imine (C=N–C) groups is 1. The quantitative estimate of drug-likeness (QED) is 0.664. The lowest BCUT2D eigenvalue weighted by Gasteiger charge is -2.15. The number of nitrogens with zero attached hydrogens (tertiary/aromatic N) is 5. The molecule has 3 heterocycles. The Kier molecular flexibility index (Phi) is 4.64. The Balaban J connectivity index is 1.59. The molecule has 0 bridgehead atoms. The number of rotatable bonds is 3. The van der Waals surface area contributed by atoms with Gasteiger partial charge in [-0.3, -0.25) is 9.99 Å². The number of thioether (sulfide) groups is 1. The predicted octanol–water partition coefficient (Wildman–Crippen LogP) is 3.70. The third kappa shape index (κ3) is 3.32. The summed E-state index contributed by atoms with van der Waals surface area (Å²) in [5.41, 5.74) is 8.19. The molecule has 1 aliphatic rings. The van der Waals surface area contributed by atoms with Crippen LogP contribution in [0.1, 0.15) is 17.0 Å². The van der Waals surface area contributed by atoms with E-state index in [1.54, 1.807) is 11.8 Å². The highest BCUT2D eigenvalue weighted by atomic mass is 79.9. The van der Waals surface area contributed by atoms with Crippen LogP contribution in [0.5, 0.6) is 0 Å². The van der Waals surface area contributed by atoms with Crippen LogP contribution in [0.3, 0.4) is 0 Å². The second-order valence-corrected chi connectivity index (χ2v) is 7.66. The summed E-state index contributed by atoms with van der Waals surface area (Å²) in [7, 11) is 0. The van der Waals surface area contributed by atoms with Crippen molar-refractivity contribution >= 4 is 44.3 Å². The molecule has 0 radical (unpaired) electrons. The predicted molar refractivity (Wildman–Crippen MR) is 109 cm³/mol. The van der Waals surface area contributed by atoms with Crippen LogP contribution in [-0.2, 0) is 0 Å². The smallest absolute Gasteiger partial charge is 0.229 e. The topological polar surface area (TPSA) is 83.2 Å². The summed E-state index contributed by atoms with van der Waals surface area (Å²) in [6, 6.07) is 9.99. The Bertz CT molecular complexity index is 1000. The lowest BCUT2D eigenvalue weighted by atomic mass is 10.1. The number of amidine groups is 1. The zero-order valence-corrected chi connectivity index (χ0v) is 16.6. The molecule has 2 N–H and O–H groups in total. The van der Waals surface area contributed by atoms with Gasteiger partial charge in [0.1, 0.15) is 6.33 Å². The number of aromatic amines is 1. The van der Waals surface area contributed by atoms with Crippen molar-refractivity contribution in [2.45, 2.75) is 13.8 Å². The van der Waals surface area contributed by atoms with E-state index in [-0.39, 0.29) is 0 Å². The van der Waals surface area contributed by atoms with Gasteiger partial charge >= 0.3 is 0 Å². The number of benzene rings is 1.